The van der Waals surface area contributed by atoms with Crippen molar-refractivity contribution in [1.82, 2.24) is 15.6 Å². The lowest BCUT2D eigenvalue weighted by atomic mass is 9.80. The molecule has 1 saturated carbocycles. The van der Waals surface area contributed by atoms with Crippen molar-refractivity contribution in [3.8, 4) is 0 Å². The number of carbonyl (C=O) groups excluding carboxylic acids is 1. The van der Waals surface area contributed by atoms with Crippen molar-refractivity contribution in [2.75, 3.05) is 13.1 Å². The lowest BCUT2D eigenvalue weighted by Crippen LogP contribution is -2.47. The first-order chi connectivity index (χ1) is 11.9. The third-order valence-electron chi connectivity index (χ3n) is 5.37. The molecule has 0 atom stereocenters. The Balaban J connectivity index is 1.74. The topological polar surface area (TPSA) is 66.4 Å². The van der Waals surface area contributed by atoms with E-state index >= 15 is 0 Å². The van der Waals surface area contributed by atoms with E-state index in [1.165, 1.54) is 6.07 Å². The van der Waals surface area contributed by atoms with Gasteiger partial charge in [0.2, 0.25) is 0 Å². The van der Waals surface area contributed by atoms with Gasteiger partial charge in [0.25, 0.3) is 5.91 Å². The summed E-state index contributed by atoms with van der Waals surface area (Å²) in [4.78, 5) is 21.0. The highest BCUT2D eigenvalue weighted by Gasteiger charge is 2.45. The van der Waals surface area contributed by atoms with Gasteiger partial charge in [0, 0.05) is 11.5 Å². The highest BCUT2D eigenvalue weighted by molar-refractivity contribution is 6.15. The summed E-state index contributed by atoms with van der Waals surface area (Å²) in [7, 11) is 0. The van der Waals surface area contributed by atoms with E-state index in [4.69, 9.17) is 0 Å². The van der Waals surface area contributed by atoms with Crippen LogP contribution < -0.4 is 10.6 Å². The number of amidine groups is 1. The maximum atomic E-state index is 13.0. The fourth-order valence-corrected chi connectivity index (χ4v) is 3.65. The first-order valence-corrected chi connectivity index (χ1v) is 8.60. The van der Waals surface area contributed by atoms with E-state index < -0.39 is 17.4 Å². The molecule has 25 heavy (non-hydrogen) atoms. The number of piperidine rings is 1. The third kappa shape index (κ3) is 2.82. The zero-order chi connectivity index (χ0) is 17.7. The number of pyridine rings is 1. The highest BCUT2D eigenvalue weighted by Crippen LogP contribution is 2.40. The first kappa shape index (κ1) is 16.5. The number of hydrogen-bond donors (Lipinski definition) is 2. The highest BCUT2D eigenvalue weighted by atomic mass is 19.4. The number of hydrogen-bond acceptors (Lipinski definition) is 4. The van der Waals surface area contributed by atoms with Gasteiger partial charge in [-0.05, 0) is 50.9 Å². The molecule has 3 heterocycles. The molecule has 1 aliphatic carbocycles. The number of rotatable bonds is 2. The number of aromatic nitrogens is 1. The van der Waals surface area contributed by atoms with Gasteiger partial charge >= 0.3 is 6.18 Å². The SMILES string of the molecule is O=C1NC(c2ccc(C(F)(F)F)nc2C2CCC2)=NC12CCNCC2. The second kappa shape index (κ2) is 5.79. The number of aliphatic imine (C=N–C) groups is 1. The molecule has 5 nitrogen and oxygen atoms in total. The van der Waals surface area contributed by atoms with E-state index in [0.717, 1.165) is 25.3 Å². The smallest absolute Gasteiger partial charge is 0.317 e. The minimum Gasteiger partial charge on any atom is -0.317 e. The molecule has 0 unspecified atom stereocenters. The van der Waals surface area contributed by atoms with Crippen molar-refractivity contribution >= 4 is 11.7 Å². The maximum absolute atomic E-state index is 13.0. The molecule has 1 aromatic heterocycles. The second-order valence-electron chi connectivity index (χ2n) is 6.95. The molecular formula is C17H19F3N4O. The van der Waals surface area contributed by atoms with Gasteiger partial charge in [-0.2, -0.15) is 13.2 Å². The summed E-state index contributed by atoms with van der Waals surface area (Å²) in [5.74, 6) is 0.208. The minimum atomic E-state index is -4.48. The standard InChI is InChI=1S/C17H19F3N4O/c18-17(19,20)12-5-4-11(13(22-12)10-2-1-3-10)14-23-15(25)16(24-14)6-8-21-9-7-16/h4-5,10,21H,1-3,6-9H2,(H,23,24,25). The molecule has 8 heteroatoms. The Hall–Kier alpha value is -1.96. The van der Waals surface area contributed by atoms with Crippen molar-refractivity contribution in [2.24, 2.45) is 4.99 Å². The summed E-state index contributed by atoms with van der Waals surface area (Å²) in [6.07, 6.45) is -0.677. The Bertz CT molecular complexity index is 734. The fraction of sp³-hybridized carbons (Fsp3) is 0.588. The summed E-state index contributed by atoms with van der Waals surface area (Å²) >= 11 is 0. The number of amides is 1. The lowest BCUT2D eigenvalue weighted by molar-refractivity contribution is -0.141. The summed E-state index contributed by atoms with van der Waals surface area (Å²) in [6.45, 7) is 1.40. The van der Waals surface area contributed by atoms with Gasteiger partial charge in [-0.25, -0.2) is 4.98 Å². The van der Waals surface area contributed by atoms with Crippen LogP contribution in [-0.2, 0) is 11.0 Å². The van der Waals surface area contributed by atoms with Crippen molar-refractivity contribution in [3.05, 3.63) is 29.1 Å². The van der Waals surface area contributed by atoms with Crippen LogP contribution in [0.2, 0.25) is 0 Å². The van der Waals surface area contributed by atoms with Gasteiger partial charge in [-0.1, -0.05) is 6.42 Å². The largest absolute Gasteiger partial charge is 0.433 e. The molecule has 1 aromatic rings. The Morgan fingerprint density at radius 3 is 2.48 bits per heavy atom. The molecule has 134 valence electrons. The van der Waals surface area contributed by atoms with Crippen molar-refractivity contribution in [1.29, 1.82) is 0 Å². The average Bonchev–Trinajstić information content (AvgIpc) is 2.82. The van der Waals surface area contributed by atoms with Crippen LogP contribution in [0.4, 0.5) is 13.2 Å². The molecule has 2 N–H and O–H groups in total. The van der Waals surface area contributed by atoms with Crippen molar-refractivity contribution < 1.29 is 18.0 Å². The Morgan fingerprint density at radius 2 is 1.88 bits per heavy atom. The lowest BCUT2D eigenvalue weighted by Gasteiger charge is -2.28. The van der Waals surface area contributed by atoms with Crippen LogP contribution in [0.1, 0.15) is 55.0 Å². The van der Waals surface area contributed by atoms with Crippen LogP contribution in [-0.4, -0.2) is 35.4 Å². The van der Waals surface area contributed by atoms with E-state index in [-0.39, 0.29) is 11.8 Å². The Morgan fingerprint density at radius 1 is 1.16 bits per heavy atom. The number of alkyl halides is 3. The van der Waals surface area contributed by atoms with Crippen LogP contribution >= 0.6 is 0 Å². The van der Waals surface area contributed by atoms with E-state index in [2.05, 4.69) is 20.6 Å². The molecule has 3 aliphatic rings. The average molecular weight is 352 g/mol. The predicted molar refractivity (Wildman–Crippen MR) is 85.3 cm³/mol. The number of nitrogens with zero attached hydrogens (tertiary/aromatic N) is 2. The van der Waals surface area contributed by atoms with E-state index in [0.29, 0.717) is 43.0 Å². The monoisotopic (exact) mass is 352 g/mol. The van der Waals surface area contributed by atoms with Crippen molar-refractivity contribution in [3.63, 3.8) is 0 Å². The van der Waals surface area contributed by atoms with E-state index in [1.807, 2.05) is 0 Å². The van der Waals surface area contributed by atoms with Crippen LogP contribution in [0.5, 0.6) is 0 Å². The van der Waals surface area contributed by atoms with Gasteiger partial charge < -0.3 is 10.6 Å². The number of carbonyl (C=O) groups is 1. The van der Waals surface area contributed by atoms with E-state index in [9.17, 15) is 18.0 Å². The van der Waals surface area contributed by atoms with Crippen LogP contribution in [0.25, 0.3) is 0 Å². The molecule has 1 spiro atoms. The van der Waals surface area contributed by atoms with Crippen LogP contribution in [0.15, 0.2) is 17.1 Å². The van der Waals surface area contributed by atoms with Gasteiger partial charge in [-0.3, -0.25) is 9.79 Å². The first-order valence-electron chi connectivity index (χ1n) is 8.60. The summed E-state index contributed by atoms with van der Waals surface area (Å²) in [5.41, 5.74) is -0.743. The zero-order valence-corrected chi connectivity index (χ0v) is 13.6. The molecule has 0 bridgehead atoms. The van der Waals surface area contributed by atoms with Crippen LogP contribution in [0, 0.1) is 0 Å². The van der Waals surface area contributed by atoms with Gasteiger partial charge in [0.1, 0.15) is 17.1 Å². The Labute approximate surface area is 143 Å². The molecular weight excluding hydrogens is 333 g/mol. The molecule has 0 aromatic carbocycles. The third-order valence-corrected chi connectivity index (χ3v) is 5.37. The molecule has 1 saturated heterocycles. The number of nitrogens with one attached hydrogen (secondary N) is 2. The second-order valence-corrected chi connectivity index (χ2v) is 6.95. The molecule has 1 amide bonds. The van der Waals surface area contributed by atoms with Gasteiger partial charge in [0.05, 0.1) is 5.69 Å². The Kier molecular flexibility index (Phi) is 3.82. The summed E-state index contributed by atoms with van der Waals surface area (Å²) < 4.78 is 39.1. The normalized spacial score (nSPS) is 23.3. The predicted octanol–water partition coefficient (Wildman–Crippen LogP) is 2.37. The molecule has 2 aliphatic heterocycles. The summed E-state index contributed by atoms with van der Waals surface area (Å²) in [6, 6.07) is 2.38. The number of halogens is 3. The minimum absolute atomic E-state index is 0.00137. The van der Waals surface area contributed by atoms with Gasteiger partial charge in [0.15, 0.2) is 0 Å². The summed E-state index contributed by atoms with van der Waals surface area (Å²) in [5, 5.41) is 5.99. The molecule has 2 fully saturated rings. The van der Waals surface area contributed by atoms with Crippen LogP contribution in [0.3, 0.4) is 0 Å². The quantitative estimate of drug-likeness (QED) is 0.859. The molecule has 4 rings (SSSR count). The maximum Gasteiger partial charge on any atom is 0.433 e. The molecule has 0 radical (unpaired) electrons. The fourth-order valence-electron chi connectivity index (χ4n) is 3.65. The van der Waals surface area contributed by atoms with Gasteiger partial charge in [-0.15, -0.1) is 0 Å². The van der Waals surface area contributed by atoms with Crippen molar-refractivity contribution in [2.45, 2.75) is 49.7 Å². The van der Waals surface area contributed by atoms with E-state index in [1.54, 1.807) is 0 Å². The zero-order valence-electron chi connectivity index (χ0n) is 13.6.